The minimum Gasteiger partial charge on any atom is -0.494 e. The molecular weight excluding hydrogens is 284 g/mol. The second-order valence-electron chi connectivity index (χ2n) is 5.91. The average molecular weight is 312 g/mol. The first-order valence-corrected chi connectivity index (χ1v) is 8.71. The van der Waals surface area contributed by atoms with Crippen LogP contribution < -0.4 is 9.47 Å². The van der Waals surface area contributed by atoms with Gasteiger partial charge >= 0.3 is 0 Å². The van der Waals surface area contributed by atoms with Crippen LogP contribution in [0.15, 0.2) is 42.5 Å². The zero-order valence-corrected chi connectivity index (χ0v) is 14.6. The summed E-state index contributed by atoms with van der Waals surface area (Å²) in [5.41, 5.74) is 3.69. The molecule has 2 heteroatoms. The third-order valence-electron chi connectivity index (χ3n) is 3.90. The highest BCUT2D eigenvalue weighted by molar-refractivity contribution is 5.68. The van der Waals surface area contributed by atoms with Gasteiger partial charge in [0.1, 0.15) is 11.5 Å². The van der Waals surface area contributed by atoms with Crippen LogP contribution in [-0.2, 0) is 0 Å². The van der Waals surface area contributed by atoms with E-state index >= 15 is 0 Å². The van der Waals surface area contributed by atoms with Crippen LogP contribution in [0.3, 0.4) is 0 Å². The van der Waals surface area contributed by atoms with Gasteiger partial charge < -0.3 is 9.47 Å². The largest absolute Gasteiger partial charge is 0.494 e. The predicted octanol–water partition coefficient (Wildman–Crippen LogP) is 6.02. The quantitative estimate of drug-likeness (QED) is 0.527. The summed E-state index contributed by atoms with van der Waals surface area (Å²) >= 11 is 0. The van der Waals surface area contributed by atoms with E-state index in [1.165, 1.54) is 16.7 Å². The van der Waals surface area contributed by atoms with E-state index < -0.39 is 0 Å². The van der Waals surface area contributed by atoms with Crippen molar-refractivity contribution in [2.75, 3.05) is 13.2 Å². The minimum absolute atomic E-state index is 0.790. The molecule has 0 unspecified atom stereocenters. The molecule has 0 N–H and O–H groups in total. The molecule has 0 saturated carbocycles. The van der Waals surface area contributed by atoms with Crippen molar-refractivity contribution in [1.29, 1.82) is 0 Å². The van der Waals surface area contributed by atoms with Crippen LogP contribution in [-0.4, -0.2) is 13.2 Å². The van der Waals surface area contributed by atoms with Gasteiger partial charge in [-0.25, -0.2) is 0 Å². The Morgan fingerprint density at radius 1 is 0.739 bits per heavy atom. The Morgan fingerprint density at radius 3 is 1.87 bits per heavy atom. The maximum absolute atomic E-state index is 5.77. The monoisotopic (exact) mass is 312 g/mol. The van der Waals surface area contributed by atoms with Gasteiger partial charge in [-0.1, -0.05) is 44.9 Å². The highest BCUT2D eigenvalue weighted by atomic mass is 16.5. The summed E-state index contributed by atoms with van der Waals surface area (Å²) in [5.74, 6) is 1.90. The smallest absolute Gasteiger partial charge is 0.119 e. The highest BCUT2D eigenvalue weighted by Gasteiger charge is 2.04. The molecule has 0 saturated heterocycles. The van der Waals surface area contributed by atoms with E-state index in [0.29, 0.717) is 0 Å². The topological polar surface area (TPSA) is 18.5 Å². The van der Waals surface area contributed by atoms with Gasteiger partial charge in [-0.05, 0) is 60.7 Å². The molecule has 23 heavy (non-hydrogen) atoms. The molecule has 0 fully saturated rings. The molecule has 2 nitrogen and oxygen atoms in total. The molecule has 2 aromatic carbocycles. The van der Waals surface area contributed by atoms with Gasteiger partial charge in [0.25, 0.3) is 0 Å². The minimum atomic E-state index is 0.790. The summed E-state index contributed by atoms with van der Waals surface area (Å²) in [5, 5.41) is 0. The number of ether oxygens (including phenoxy) is 2. The van der Waals surface area contributed by atoms with E-state index in [1.54, 1.807) is 0 Å². The molecule has 0 aromatic heterocycles. The Kier molecular flexibility index (Phi) is 6.99. The van der Waals surface area contributed by atoms with Gasteiger partial charge in [-0.15, -0.1) is 0 Å². The maximum Gasteiger partial charge on any atom is 0.119 e. The van der Waals surface area contributed by atoms with E-state index in [0.717, 1.165) is 50.4 Å². The molecule has 0 heterocycles. The van der Waals surface area contributed by atoms with Crippen molar-refractivity contribution >= 4 is 0 Å². The Balaban J connectivity index is 2.03. The molecule has 124 valence electrons. The zero-order chi connectivity index (χ0) is 16.5. The van der Waals surface area contributed by atoms with Crippen molar-refractivity contribution in [2.45, 2.75) is 46.5 Å². The fourth-order valence-electron chi connectivity index (χ4n) is 2.45. The molecule has 2 rings (SSSR count). The summed E-state index contributed by atoms with van der Waals surface area (Å²) in [6, 6.07) is 14.7. The second kappa shape index (κ2) is 9.24. The molecule has 0 aliphatic rings. The van der Waals surface area contributed by atoms with Gasteiger partial charge in [-0.3, -0.25) is 0 Å². The van der Waals surface area contributed by atoms with E-state index in [-0.39, 0.29) is 0 Å². The van der Waals surface area contributed by atoms with E-state index in [1.807, 2.05) is 0 Å². The average Bonchev–Trinajstić information content (AvgIpc) is 2.56. The van der Waals surface area contributed by atoms with Crippen LogP contribution in [0.2, 0.25) is 0 Å². The summed E-state index contributed by atoms with van der Waals surface area (Å²) in [6.45, 7) is 8.06. The third-order valence-corrected chi connectivity index (χ3v) is 3.90. The lowest BCUT2D eigenvalue weighted by Gasteiger charge is -2.11. The van der Waals surface area contributed by atoms with Crippen LogP contribution in [0.25, 0.3) is 11.1 Å². The van der Waals surface area contributed by atoms with Gasteiger partial charge in [0.15, 0.2) is 0 Å². The molecule has 0 aliphatic carbocycles. The first-order chi connectivity index (χ1) is 11.2. The number of rotatable bonds is 9. The van der Waals surface area contributed by atoms with Crippen LogP contribution in [0.1, 0.15) is 45.1 Å². The van der Waals surface area contributed by atoms with Crippen molar-refractivity contribution in [3.63, 3.8) is 0 Å². The standard InChI is InChI=1S/C21H28O2/c1-4-6-14-22-19-10-8-18(9-11-19)21-13-12-20(16-17(21)3)23-15-7-5-2/h8-13,16H,4-7,14-15H2,1-3H3. The van der Waals surface area contributed by atoms with Crippen molar-refractivity contribution in [1.82, 2.24) is 0 Å². The Hall–Kier alpha value is -1.96. The van der Waals surface area contributed by atoms with Crippen molar-refractivity contribution in [3.8, 4) is 22.6 Å². The zero-order valence-electron chi connectivity index (χ0n) is 14.6. The summed E-state index contributed by atoms with van der Waals surface area (Å²) in [6.07, 6.45) is 4.51. The summed E-state index contributed by atoms with van der Waals surface area (Å²) in [7, 11) is 0. The molecule has 0 atom stereocenters. The van der Waals surface area contributed by atoms with Crippen molar-refractivity contribution in [2.24, 2.45) is 0 Å². The van der Waals surface area contributed by atoms with Crippen LogP contribution in [0.5, 0.6) is 11.5 Å². The van der Waals surface area contributed by atoms with E-state index in [4.69, 9.17) is 9.47 Å². The van der Waals surface area contributed by atoms with E-state index in [2.05, 4.69) is 63.2 Å². The number of unbranched alkanes of at least 4 members (excludes halogenated alkanes) is 2. The lowest BCUT2D eigenvalue weighted by Crippen LogP contribution is -1.97. The predicted molar refractivity (Wildman–Crippen MR) is 97.4 cm³/mol. The Morgan fingerprint density at radius 2 is 1.30 bits per heavy atom. The first-order valence-electron chi connectivity index (χ1n) is 8.71. The molecule has 0 amide bonds. The fraction of sp³-hybridized carbons (Fsp3) is 0.429. The van der Waals surface area contributed by atoms with Gasteiger partial charge in [0.05, 0.1) is 13.2 Å². The summed E-state index contributed by atoms with van der Waals surface area (Å²) < 4.78 is 11.5. The third kappa shape index (κ3) is 5.31. The Labute approximate surface area is 140 Å². The maximum atomic E-state index is 5.77. The number of benzene rings is 2. The van der Waals surface area contributed by atoms with Gasteiger partial charge in [0, 0.05) is 0 Å². The molecule has 2 aromatic rings. The normalized spacial score (nSPS) is 10.6. The number of hydrogen-bond donors (Lipinski definition) is 0. The molecule has 0 spiro atoms. The van der Waals surface area contributed by atoms with Crippen molar-refractivity contribution < 1.29 is 9.47 Å². The van der Waals surface area contributed by atoms with Gasteiger partial charge in [-0.2, -0.15) is 0 Å². The molecule has 0 aliphatic heterocycles. The van der Waals surface area contributed by atoms with Crippen LogP contribution in [0, 0.1) is 6.92 Å². The number of hydrogen-bond acceptors (Lipinski definition) is 2. The lowest BCUT2D eigenvalue weighted by molar-refractivity contribution is 0.309. The summed E-state index contributed by atoms with van der Waals surface area (Å²) in [4.78, 5) is 0. The number of aryl methyl sites for hydroxylation is 1. The lowest BCUT2D eigenvalue weighted by atomic mass is 10.0. The Bertz CT molecular complexity index is 587. The molecule has 0 bridgehead atoms. The molecule has 0 radical (unpaired) electrons. The fourth-order valence-corrected chi connectivity index (χ4v) is 2.45. The van der Waals surface area contributed by atoms with Gasteiger partial charge in [0.2, 0.25) is 0 Å². The molecular formula is C21H28O2. The second-order valence-corrected chi connectivity index (χ2v) is 5.91. The van der Waals surface area contributed by atoms with E-state index in [9.17, 15) is 0 Å². The van der Waals surface area contributed by atoms with Crippen LogP contribution in [0.4, 0.5) is 0 Å². The highest BCUT2D eigenvalue weighted by Crippen LogP contribution is 2.28. The SMILES string of the molecule is CCCCOc1ccc(-c2ccc(OCCCC)cc2C)cc1. The first kappa shape index (κ1) is 17.4. The van der Waals surface area contributed by atoms with Crippen molar-refractivity contribution in [3.05, 3.63) is 48.0 Å². The van der Waals surface area contributed by atoms with Crippen LogP contribution >= 0.6 is 0 Å².